The maximum Gasteiger partial charge on any atom is 0.251 e. The van der Waals surface area contributed by atoms with Crippen LogP contribution in [0.15, 0.2) is 60.3 Å². The van der Waals surface area contributed by atoms with Crippen molar-refractivity contribution in [3.05, 3.63) is 77.0 Å². The number of amides is 1. The van der Waals surface area contributed by atoms with E-state index in [0.717, 1.165) is 5.56 Å². The number of carbonyl (C=O) groups excluding carboxylic acids is 1. The van der Waals surface area contributed by atoms with E-state index in [1.165, 1.54) is 17.3 Å². The van der Waals surface area contributed by atoms with Gasteiger partial charge in [0.25, 0.3) is 5.91 Å². The van der Waals surface area contributed by atoms with E-state index >= 15 is 0 Å². The maximum absolute atomic E-state index is 12.0. The lowest BCUT2D eigenvalue weighted by atomic mass is 10.0. The quantitative estimate of drug-likeness (QED) is 0.671. The van der Waals surface area contributed by atoms with E-state index in [1.807, 2.05) is 47.4 Å². The molecule has 0 radical (unpaired) electrons. The summed E-state index contributed by atoms with van der Waals surface area (Å²) < 4.78 is 0. The predicted octanol–water partition coefficient (Wildman–Crippen LogP) is 2.55. The Bertz CT molecular complexity index is 725. The van der Waals surface area contributed by atoms with Crippen LogP contribution in [0.1, 0.15) is 16.7 Å². The van der Waals surface area contributed by atoms with Gasteiger partial charge in [-0.25, -0.2) is 0 Å². The van der Waals surface area contributed by atoms with Crippen molar-refractivity contribution in [2.45, 2.75) is 13.1 Å². The average molecular weight is 291 g/mol. The van der Waals surface area contributed by atoms with E-state index in [4.69, 9.17) is 11.1 Å². The molecule has 3 N–H and O–H groups in total. The minimum absolute atomic E-state index is 0.392. The molecular weight excluding hydrogens is 274 g/mol. The topological polar surface area (TPSA) is 70.2 Å². The summed E-state index contributed by atoms with van der Waals surface area (Å²) in [7, 11) is 0. The van der Waals surface area contributed by atoms with Crippen LogP contribution in [-0.4, -0.2) is 17.0 Å². The van der Waals surface area contributed by atoms with Gasteiger partial charge in [-0.3, -0.25) is 4.79 Å². The molecule has 2 aromatic rings. The Hall–Kier alpha value is -2.88. The Morgan fingerprint density at radius 3 is 2.05 bits per heavy atom. The summed E-state index contributed by atoms with van der Waals surface area (Å²) in [6, 6.07) is 17.4. The van der Waals surface area contributed by atoms with Gasteiger partial charge in [-0.05, 0) is 16.7 Å². The SMILES string of the molecule is N=C/C(=C(\C(N)=O)c1ccccc1)N1Cc2ccccc2C1. The summed E-state index contributed by atoms with van der Waals surface area (Å²) in [6.45, 7) is 1.37. The lowest BCUT2D eigenvalue weighted by molar-refractivity contribution is -0.112. The molecule has 0 aliphatic carbocycles. The molecule has 0 unspecified atom stereocenters. The number of carbonyl (C=O) groups is 1. The molecule has 22 heavy (non-hydrogen) atoms. The first-order chi connectivity index (χ1) is 10.7. The third-order valence-electron chi connectivity index (χ3n) is 3.88. The molecule has 0 bridgehead atoms. The van der Waals surface area contributed by atoms with E-state index in [1.54, 1.807) is 0 Å². The van der Waals surface area contributed by atoms with Crippen LogP contribution in [0.2, 0.25) is 0 Å². The van der Waals surface area contributed by atoms with Crippen molar-refractivity contribution in [2.24, 2.45) is 5.73 Å². The Balaban J connectivity index is 2.05. The normalized spacial score (nSPS) is 14.3. The molecule has 2 aromatic carbocycles. The van der Waals surface area contributed by atoms with Gasteiger partial charge in [0, 0.05) is 19.3 Å². The maximum atomic E-state index is 12.0. The minimum Gasteiger partial charge on any atom is -0.366 e. The van der Waals surface area contributed by atoms with E-state index in [9.17, 15) is 4.79 Å². The zero-order valence-electron chi connectivity index (χ0n) is 12.1. The van der Waals surface area contributed by atoms with Gasteiger partial charge in [-0.2, -0.15) is 0 Å². The number of allylic oxidation sites excluding steroid dienone is 1. The lowest BCUT2D eigenvalue weighted by Gasteiger charge is -2.21. The standard InChI is InChI=1S/C18H17N3O/c19-10-16(17(18(20)22)13-6-2-1-3-7-13)21-11-14-8-4-5-9-15(14)12-21/h1-10,19H,11-12H2,(H2,20,22)/b17-16+,19-10?. The number of hydrogen-bond acceptors (Lipinski definition) is 3. The average Bonchev–Trinajstić information content (AvgIpc) is 2.96. The fraction of sp³-hybridized carbons (Fsp3) is 0.111. The van der Waals surface area contributed by atoms with Gasteiger partial charge in [-0.15, -0.1) is 0 Å². The summed E-state index contributed by atoms with van der Waals surface area (Å²) in [5, 5.41) is 7.77. The van der Waals surface area contributed by atoms with E-state index in [0.29, 0.717) is 24.4 Å². The number of nitrogens with zero attached hydrogens (tertiary/aromatic N) is 1. The van der Waals surface area contributed by atoms with Crippen LogP contribution in [0.3, 0.4) is 0 Å². The Labute approximate surface area is 129 Å². The van der Waals surface area contributed by atoms with Crippen molar-refractivity contribution >= 4 is 17.7 Å². The summed E-state index contributed by atoms with van der Waals surface area (Å²) in [5.74, 6) is -0.513. The first kappa shape index (κ1) is 14.1. The largest absolute Gasteiger partial charge is 0.366 e. The molecular formula is C18H17N3O. The summed E-state index contributed by atoms with van der Waals surface area (Å²) in [4.78, 5) is 14.0. The molecule has 1 aliphatic rings. The molecule has 4 nitrogen and oxygen atoms in total. The van der Waals surface area contributed by atoms with Gasteiger partial charge < -0.3 is 16.0 Å². The second-order valence-electron chi connectivity index (χ2n) is 5.26. The Morgan fingerprint density at radius 2 is 1.55 bits per heavy atom. The highest BCUT2D eigenvalue weighted by molar-refractivity contribution is 6.23. The van der Waals surface area contributed by atoms with Gasteiger partial charge >= 0.3 is 0 Å². The highest BCUT2D eigenvalue weighted by Crippen LogP contribution is 2.29. The molecule has 0 fully saturated rings. The molecule has 110 valence electrons. The second kappa shape index (κ2) is 5.85. The first-order valence-corrected chi connectivity index (χ1v) is 7.12. The molecule has 0 saturated heterocycles. The van der Waals surface area contributed by atoms with Crippen molar-refractivity contribution in [1.29, 1.82) is 5.41 Å². The van der Waals surface area contributed by atoms with Crippen LogP contribution in [-0.2, 0) is 17.9 Å². The summed E-state index contributed by atoms with van der Waals surface area (Å²) in [6.07, 6.45) is 1.22. The molecule has 0 atom stereocenters. The smallest absolute Gasteiger partial charge is 0.251 e. The fourth-order valence-corrected chi connectivity index (χ4v) is 2.85. The van der Waals surface area contributed by atoms with Crippen LogP contribution in [0.25, 0.3) is 5.57 Å². The van der Waals surface area contributed by atoms with Crippen molar-refractivity contribution < 1.29 is 4.79 Å². The molecule has 0 spiro atoms. The zero-order chi connectivity index (χ0) is 15.5. The highest BCUT2D eigenvalue weighted by Gasteiger charge is 2.24. The predicted molar refractivity (Wildman–Crippen MR) is 87.0 cm³/mol. The van der Waals surface area contributed by atoms with Gasteiger partial charge in [0.05, 0.1) is 11.3 Å². The summed E-state index contributed by atoms with van der Waals surface area (Å²) in [5.41, 5.74) is 9.73. The van der Waals surface area contributed by atoms with Crippen molar-refractivity contribution in [3.63, 3.8) is 0 Å². The van der Waals surface area contributed by atoms with E-state index in [2.05, 4.69) is 12.1 Å². The number of primary amides is 1. The van der Waals surface area contributed by atoms with Crippen molar-refractivity contribution in [3.8, 4) is 0 Å². The Morgan fingerprint density at radius 1 is 1.00 bits per heavy atom. The van der Waals surface area contributed by atoms with Crippen LogP contribution in [0.5, 0.6) is 0 Å². The first-order valence-electron chi connectivity index (χ1n) is 7.12. The molecule has 1 amide bonds. The van der Waals surface area contributed by atoms with Crippen molar-refractivity contribution in [1.82, 2.24) is 4.90 Å². The van der Waals surface area contributed by atoms with E-state index in [-0.39, 0.29) is 0 Å². The van der Waals surface area contributed by atoms with Crippen LogP contribution >= 0.6 is 0 Å². The number of fused-ring (bicyclic) bond motifs is 1. The van der Waals surface area contributed by atoms with E-state index < -0.39 is 5.91 Å². The molecule has 1 heterocycles. The van der Waals surface area contributed by atoms with Gasteiger partial charge in [-0.1, -0.05) is 54.6 Å². The molecule has 0 saturated carbocycles. The fourth-order valence-electron chi connectivity index (χ4n) is 2.85. The van der Waals surface area contributed by atoms with Gasteiger partial charge in [0.15, 0.2) is 0 Å². The van der Waals surface area contributed by atoms with Crippen LogP contribution in [0, 0.1) is 5.41 Å². The Kier molecular flexibility index (Phi) is 3.74. The number of nitrogens with two attached hydrogens (primary N) is 1. The monoisotopic (exact) mass is 291 g/mol. The molecule has 3 rings (SSSR count). The molecule has 0 aromatic heterocycles. The number of benzene rings is 2. The second-order valence-corrected chi connectivity index (χ2v) is 5.26. The molecule has 1 aliphatic heterocycles. The number of nitrogens with one attached hydrogen (secondary N) is 1. The zero-order valence-corrected chi connectivity index (χ0v) is 12.1. The molecule has 4 heteroatoms. The number of hydrogen-bond donors (Lipinski definition) is 2. The summed E-state index contributed by atoms with van der Waals surface area (Å²) >= 11 is 0. The minimum atomic E-state index is -0.513. The number of rotatable bonds is 4. The van der Waals surface area contributed by atoms with Crippen LogP contribution < -0.4 is 5.73 Å². The third kappa shape index (κ3) is 2.51. The third-order valence-corrected chi connectivity index (χ3v) is 3.88. The van der Waals surface area contributed by atoms with Crippen molar-refractivity contribution in [2.75, 3.05) is 0 Å². The highest BCUT2D eigenvalue weighted by atomic mass is 16.1. The lowest BCUT2D eigenvalue weighted by Crippen LogP contribution is -2.24. The van der Waals surface area contributed by atoms with Gasteiger partial charge in [0.2, 0.25) is 0 Å². The van der Waals surface area contributed by atoms with Gasteiger partial charge in [0.1, 0.15) is 0 Å². The van der Waals surface area contributed by atoms with Crippen LogP contribution in [0.4, 0.5) is 0 Å².